The van der Waals surface area contributed by atoms with Gasteiger partial charge in [-0.25, -0.2) is 4.68 Å². The largest absolute Gasteiger partial charge is 0.467 e. The molecule has 8 nitrogen and oxygen atoms in total. The number of carbonyl (C=O) groups is 1. The number of hydrogen-bond donors (Lipinski definition) is 3. The lowest BCUT2D eigenvalue weighted by atomic mass is 9.75. The van der Waals surface area contributed by atoms with Crippen LogP contribution in [0.1, 0.15) is 24.3 Å². The van der Waals surface area contributed by atoms with Crippen LogP contribution in [0.4, 0.5) is 0 Å². The number of nitrogens with one attached hydrogen (secondary N) is 2. The van der Waals surface area contributed by atoms with Gasteiger partial charge in [-0.2, -0.15) is 0 Å². The molecule has 3 fully saturated rings. The van der Waals surface area contributed by atoms with E-state index in [2.05, 4.69) is 27.1 Å². The first-order valence-electron chi connectivity index (χ1n) is 9.54. The summed E-state index contributed by atoms with van der Waals surface area (Å²) in [5.74, 6) is 1.56. The number of nitrogens with zero attached hydrogens (tertiary/aromatic N) is 3. The number of hydrogen-bond acceptors (Lipinski definition) is 4. The van der Waals surface area contributed by atoms with Gasteiger partial charge in [0.1, 0.15) is 24.0 Å². The summed E-state index contributed by atoms with van der Waals surface area (Å²) in [5, 5.41) is 13.6. The van der Waals surface area contributed by atoms with Crippen LogP contribution in [0.3, 0.4) is 0 Å². The maximum atomic E-state index is 12.6. The number of amides is 1. The molecule has 0 spiro atoms. The summed E-state index contributed by atoms with van der Waals surface area (Å²) in [6, 6.07) is 4.27. The van der Waals surface area contributed by atoms with Crippen molar-refractivity contribution in [3.05, 3.63) is 36.0 Å². The second-order valence-corrected chi connectivity index (χ2v) is 7.54. The maximum Gasteiger partial charge on any atom is 0.229 e. The number of quaternary nitrogens is 2. The number of furan rings is 1. The van der Waals surface area contributed by atoms with Crippen LogP contribution in [-0.2, 0) is 24.4 Å². The molecular formula is C18H28N6O2+2. The Labute approximate surface area is 152 Å². The van der Waals surface area contributed by atoms with E-state index in [-0.39, 0.29) is 11.8 Å². The Morgan fingerprint density at radius 2 is 2.46 bits per heavy atom. The molecule has 2 aromatic heterocycles. The second-order valence-electron chi connectivity index (χ2n) is 7.54. The van der Waals surface area contributed by atoms with E-state index in [0.29, 0.717) is 18.5 Å². The summed E-state index contributed by atoms with van der Waals surface area (Å²) in [6.07, 6.45) is 5.91. The summed E-state index contributed by atoms with van der Waals surface area (Å²) >= 11 is 0. The van der Waals surface area contributed by atoms with Gasteiger partial charge in [0.2, 0.25) is 5.91 Å². The van der Waals surface area contributed by atoms with E-state index in [4.69, 9.17) is 4.42 Å². The zero-order chi connectivity index (χ0) is 17.9. The lowest BCUT2D eigenvalue weighted by Gasteiger charge is -2.46. The van der Waals surface area contributed by atoms with Crippen LogP contribution in [0.15, 0.2) is 29.0 Å². The van der Waals surface area contributed by atoms with Gasteiger partial charge in [-0.3, -0.25) is 4.79 Å². The zero-order valence-corrected chi connectivity index (χ0v) is 15.2. The van der Waals surface area contributed by atoms with Gasteiger partial charge >= 0.3 is 0 Å². The Balaban J connectivity index is 1.32. The molecule has 5 rings (SSSR count). The van der Waals surface area contributed by atoms with Gasteiger partial charge in [0.05, 0.1) is 51.6 Å². The molecule has 5 heterocycles. The van der Waals surface area contributed by atoms with Crippen LogP contribution in [-0.4, -0.2) is 47.1 Å². The highest BCUT2D eigenvalue weighted by Crippen LogP contribution is 2.27. The molecule has 1 unspecified atom stereocenters. The normalized spacial score (nSPS) is 27.6. The van der Waals surface area contributed by atoms with E-state index < -0.39 is 0 Å². The molecule has 0 radical (unpaired) electrons. The minimum absolute atomic E-state index is 0.117. The summed E-state index contributed by atoms with van der Waals surface area (Å²) in [7, 11) is 2.03. The number of aromatic nitrogens is 3. The molecule has 2 bridgehead atoms. The number of nitrogens with two attached hydrogens (primary N) is 1. The predicted octanol–water partition coefficient (Wildman–Crippen LogP) is -1.83. The van der Waals surface area contributed by atoms with Crippen molar-refractivity contribution in [2.45, 2.75) is 38.5 Å². The van der Waals surface area contributed by atoms with E-state index in [1.54, 1.807) is 6.26 Å². The lowest BCUT2D eigenvalue weighted by molar-refractivity contribution is -0.945. The third-order valence-corrected chi connectivity index (χ3v) is 5.81. The smallest absolute Gasteiger partial charge is 0.229 e. The molecule has 2 aromatic rings. The minimum Gasteiger partial charge on any atom is -0.467 e. The third kappa shape index (κ3) is 3.66. The van der Waals surface area contributed by atoms with E-state index >= 15 is 0 Å². The Hall–Kier alpha value is -2.19. The quantitative estimate of drug-likeness (QED) is 0.542. The van der Waals surface area contributed by atoms with Crippen molar-refractivity contribution in [2.24, 2.45) is 11.8 Å². The molecular weight excluding hydrogens is 332 g/mol. The molecule has 0 aromatic carbocycles. The standard InChI is InChI=1S/C18H26N6O2/c1-19-8-14-10-24(22-21-14)11-15-7-13-4-5-23(15)12-17(13)18(25)20-9-16-3-2-6-26-16/h2-3,6,10,13,15,17,19H,4-5,7-9,11-12H2,1H3,(H,20,25)/p+2/t13-,15+,17-/m0/s1. The first-order chi connectivity index (χ1) is 12.7. The minimum atomic E-state index is 0.117. The van der Waals surface area contributed by atoms with Gasteiger partial charge in [0.25, 0.3) is 0 Å². The van der Waals surface area contributed by atoms with E-state index in [1.165, 1.54) is 4.90 Å². The third-order valence-electron chi connectivity index (χ3n) is 5.81. The first-order valence-corrected chi connectivity index (χ1v) is 9.54. The molecule has 4 atom stereocenters. The van der Waals surface area contributed by atoms with Crippen molar-refractivity contribution >= 4 is 5.91 Å². The highest BCUT2D eigenvalue weighted by atomic mass is 16.3. The Kier molecular flexibility index (Phi) is 5.03. The Morgan fingerprint density at radius 1 is 1.54 bits per heavy atom. The fourth-order valence-corrected chi connectivity index (χ4v) is 4.49. The average molecular weight is 360 g/mol. The molecule has 0 saturated carbocycles. The fraction of sp³-hybridized carbons (Fsp3) is 0.611. The molecule has 3 saturated heterocycles. The highest BCUT2D eigenvalue weighted by molar-refractivity contribution is 5.79. The van der Waals surface area contributed by atoms with Crippen molar-refractivity contribution in [1.82, 2.24) is 20.3 Å². The Bertz CT molecular complexity index is 728. The molecule has 3 aliphatic heterocycles. The zero-order valence-electron chi connectivity index (χ0n) is 15.2. The van der Waals surface area contributed by atoms with Crippen molar-refractivity contribution in [1.29, 1.82) is 0 Å². The Morgan fingerprint density at radius 3 is 3.19 bits per heavy atom. The number of fused-ring (bicyclic) bond motifs is 3. The van der Waals surface area contributed by atoms with E-state index in [9.17, 15) is 4.79 Å². The van der Waals surface area contributed by atoms with Gasteiger partial charge in [0.15, 0.2) is 0 Å². The molecule has 140 valence electrons. The maximum absolute atomic E-state index is 12.6. The van der Waals surface area contributed by atoms with Crippen molar-refractivity contribution in [2.75, 3.05) is 20.1 Å². The van der Waals surface area contributed by atoms with Crippen LogP contribution in [0, 0.1) is 11.8 Å². The van der Waals surface area contributed by atoms with Gasteiger partial charge in [-0.05, 0) is 18.1 Å². The molecule has 4 N–H and O–H groups in total. The number of carbonyl (C=O) groups excluding carboxylic acids is 1. The second kappa shape index (κ2) is 7.59. The fourth-order valence-electron chi connectivity index (χ4n) is 4.49. The van der Waals surface area contributed by atoms with Gasteiger partial charge in [-0.15, -0.1) is 5.10 Å². The van der Waals surface area contributed by atoms with Crippen molar-refractivity contribution in [3.63, 3.8) is 0 Å². The van der Waals surface area contributed by atoms with Gasteiger partial charge in [0, 0.05) is 12.8 Å². The lowest BCUT2D eigenvalue weighted by Crippen LogP contribution is -3.20. The SMILES string of the molecule is C[NH2+]Cc1cn(C[C@H]2C[C@@H]3CC[NH+]2C[C@@H]3C(=O)NCc2ccco2)nn1. The first kappa shape index (κ1) is 17.2. The van der Waals surface area contributed by atoms with Crippen LogP contribution >= 0.6 is 0 Å². The van der Waals surface area contributed by atoms with Crippen molar-refractivity contribution < 1.29 is 19.4 Å². The monoisotopic (exact) mass is 360 g/mol. The number of rotatable bonds is 7. The summed E-state index contributed by atoms with van der Waals surface area (Å²) < 4.78 is 7.27. The summed E-state index contributed by atoms with van der Waals surface area (Å²) in [5.41, 5.74) is 1.02. The average Bonchev–Trinajstić information content (AvgIpc) is 3.33. The van der Waals surface area contributed by atoms with E-state index in [1.807, 2.05) is 23.9 Å². The van der Waals surface area contributed by atoms with Crippen molar-refractivity contribution in [3.8, 4) is 0 Å². The highest BCUT2D eigenvalue weighted by Gasteiger charge is 2.46. The molecule has 26 heavy (non-hydrogen) atoms. The van der Waals surface area contributed by atoms with E-state index in [0.717, 1.165) is 50.5 Å². The predicted molar refractivity (Wildman–Crippen MR) is 92.8 cm³/mol. The number of piperidine rings is 3. The molecule has 8 heteroatoms. The van der Waals surface area contributed by atoms with Gasteiger partial charge in [-0.1, -0.05) is 5.21 Å². The van der Waals surface area contributed by atoms with Crippen LogP contribution in [0.2, 0.25) is 0 Å². The van der Waals surface area contributed by atoms with Crippen LogP contribution < -0.4 is 15.5 Å². The van der Waals surface area contributed by atoms with Gasteiger partial charge < -0.3 is 20.0 Å². The summed E-state index contributed by atoms with van der Waals surface area (Å²) in [4.78, 5) is 14.2. The summed E-state index contributed by atoms with van der Waals surface area (Å²) in [6.45, 7) is 4.31. The van der Waals surface area contributed by atoms with Crippen LogP contribution in [0.25, 0.3) is 0 Å². The topological polar surface area (TPSA) is 94.0 Å². The van der Waals surface area contributed by atoms with Crippen LogP contribution in [0.5, 0.6) is 0 Å². The molecule has 0 aliphatic carbocycles. The molecule has 3 aliphatic rings. The molecule has 1 amide bonds.